The number of benzene rings is 2. The number of nitrogens with zero attached hydrogens (tertiary/aromatic N) is 2. The number of hydrogen-bond acceptors (Lipinski definition) is 5. The van der Waals surface area contributed by atoms with Gasteiger partial charge in [0, 0.05) is 37.4 Å². The second-order valence-corrected chi connectivity index (χ2v) is 6.25. The molecule has 6 heteroatoms. The fourth-order valence-electron chi connectivity index (χ4n) is 2.90. The minimum absolute atomic E-state index is 0.000809. The molecule has 0 radical (unpaired) electrons. The minimum Gasteiger partial charge on any atom is -0.508 e. The van der Waals surface area contributed by atoms with Crippen molar-refractivity contribution in [1.29, 1.82) is 0 Å². The van der Waals surface area contributed by atoms with Gasteiger partial charge >= 0.3 is 0 Å². The van der Waals surface area contributed by atoms with E-state index in [2.05, 4.69) is 4.90 Å². The van der Waals surface area contributed by atoms with Crippen LogP contribution in [0.5, 0.6) is 11.5 Å². The van der Waals surface area contributed by atoms with Crippen LogP contribution in [0.1, 0.15) is 17.3 Å². The average Bonchev–Trinajstić information content (AvgIpc) is 2.67. The molecule has 2 aromatic rings. The topological polar surface area (TPSA) is 70.1 Å². The summed E-state index contributed by atoms with van der Waals surface area (Å²) in [4.78, 5) is 27.6. The Morgan fingerprint density at radius 1 is 0.962 bits per heavy atom. The molecule has 1 fully saturated rings. The molecule has 1 saturated heterocycles. The van der Waals surface area contributed by atoms with Gasteiger partial charge in [-0.05, 0) is 55.5 Å². The van der Waals surface area contributed by atoms with Gasteiger partial charge in [0.25, 0.3) is 5.91 Å². The summed E-state index contributed by atoms with van der Waals surface area (Å²) < 4.78 is 5.54. The van der Waals surface area contributed by atoms with Crippen LogP contribution in [0.25, 0.3) is 0 Å². The SMILES string of the molecule is CC(=O)c1ccc(OCC(=O)N2CCN(c3ccc(O)cc3)CC2)cc1. The molecule has 0 unspecified atom stereocenters. The molecular weight excluding hydrogens is 332 g/mol. The summed E-state index contributed by atoms with van der Waals surface area (Å²) in [6, 6.07) is 13.9. The number of ether oxygens (including phenoxy) is 1. The lowest BCUT2D eigenvalue weighted by molar-refractivity contribution is -0.133. The Morgan fingerprint density at radius 3 is 2.15 bits per heavy atom. The maximum Gasteiger partial charge on any atom is 0.260 e. The zero-order chi connectivity index (χ0) is 18.5. The van der Waals surface area contributed by atoms with Crippen LogP contribution in [0.4, 0.5) is 5.69 Å². The van der Waals surface area contributed by atoms with E-state index in [-0.39, 0.29) is 24.0 Å². The Morgan fingerprint density at radius 2 is 1.58 bits per heavy atom. The van der Waals surface area contributed by atoms with E-state index in [0.29, 0.717) is 24.4 Å². The van der Waals surface area contributed by atoms with Crippen molar-refractivity contribution >= 4 is 17.4 Å². The minimum atomic E-state index is -0.0500. The maximum absolute atomic E-state index is 12.3. The molecule has 1 amide bonds. The predicted octanol–water partition coefficient (Wildman–Crippen LogP) is 2.32. The predicted molar refractivity (Wildman–Crippen MR) is 98.8 cm³/mol. The summed E-state index contributed by atoms with van der Waals surface area (Å²) >= 11 is 0. The Balaban J connectivity index is 1.47. The van der Waals surface area contributed by atoms with Crippen LogP contribution >= 0.6 is 0 Å². The summed E-state index contributed by atoms with van der Waals surface area (Å²) in [6.45, 7) is 4.24. The molecule has 1 heterocycles. The van der Waals surface area contributed by atoms with Crippen molar-refractivity contribution in [2.75, 3.05) is 37.7 Å². The lowest BCUT2D eigenvalue weighted by atomic mass is 10.1. The monoisotopic (exact) mass is 354 g/mol. The first-order chi connectivity index (χ1) is 12.5. The number of amides is 1. The molecule has 3 rings (SSSR count). The highest BCUT2D eigenvalue weighted by Gasteiger charge is 2.21. The largest absolute Gasteiger partial charge is 0.508 e. The van der Waals surface area contributed by atoms with Crippen LogP contribution in [0, 0.1) is 0 Å². The molecule has 26 heavy (non-hydrogen) atoms. The van der Waals surface area contributed by atoms with Crippen molar-refractivity contribution in [3.8, 4) is 11.5 Å². The van der Waals surface area contributed by atoms with Crippen molar-refractivity contribution in [3.63, 3.8) is 0 Å². The Kier molecular flexibility index (Phi) is 5.41. The summed E-state index contributed by atoms with van der Waals surface area (Å²) in [5.74, 6) is 0.771. The maximum atomic E-state index is 12.3. The molecule has 6 nitrogen and oxygen atoms in total. The van der Waals surface area contributed by atoms with Crippen molar-refractivity contribution in [2.24, 2.45) is 0 Å². The number of ketones is 1. The van der Waals surface area contributed by atoms with Crippen molar-refractivity contribution in [1.82, 2.24) is 4.90 Å². The van der Waals surface area contributed by atoms with E-state index in [1.165, 1.54) is 6.92 Å². The van der Waals surface area contributed by atoms with Crippen LogP contribution < -0.4 is 9.64 Å². The first-order valence-electron chi connectivity index (χ1n) is 8.58. The van der Waals surface area contributed by atoms with E-state index in [4.69, 9.17) is 4.74 Å². The molecule has 0 aliphatic carbocycles. The molecule has 0 aromatic heterocycles. The van der Waals surface area contributed by atoms with Gasteiger partial charge in [0.2, 0.25) is 0 Å². The lowest BCUT2D eigenvalue weighted by Gasteiger charge is -2.36. The molecule has 0 atom stereocenters. The number of anilines is 1. The van der Waals surface area contributed by atoms with E-state index in [9.17, 15) is 14.7 Å². The van der Waals surface area contributed by atoms with Crippen LogP contribution in [-0.4, -0.2) is 54.5 Å². The van der Waals surface area contributed by atoms with Gasteiger partial charge in [0.1, 0.15) is 11.5 Å². The van der Waals surface area contributed by atoms with Crippen LogP contribution in [0.3, 0.4) is 0 Å². The Hall–Kier alpha value is -3.02. The van der Waals surface area contributed by atoms with E-state index >= 15 is 0 Å². The van der Waals surface area contributed by atoms with E-state index in [1.54, 1.807) is 41.3 Å². The number of carbonyl (C=O) groups excluding carboxylic acids is 2. The van der Waals surface area contributed by atoms with Crippen molar-refractivity contribution < 1.29 is 19.4 Å². The number of hydrogen-bond donors (Lipinski definition) is 1. The molecule has 2 aromatic carbocycles. The number of rotatable bonds is 5. The first kappa shape index (κ1) is 17.8. The molecule has 1 N–H and O–H groups in total. The van der Waals surface area contributed by atoms with Crippen molar-refractivity contribution in [2.45, 2.75) is 6.92 Å². The molecule has 1 aliphatic heterocycles. The van der Waals surface area contributed by atoms with Gasteiger partial charge in [-0.1, -0.05) is 0 Å². The highest BCUT2D eigenvalue weighted by molar-refractivity contribution is 5.94. The van der Waals surface area contributed by atoms with Gasteiger partial charge in [-0.15, -0.1) is 0 Å². The van der Waals surface area contributed by atoms with Gasteiger partial charge in [-0.3, -0.25) is 9.59 Å². The average molecular weight is 354 g/mol. The molecule has 0 saturated carbocycles. The van der Waals surface area contributed by atoms with Gasteiger partial charge in [0.15, 0.2) is 12.4 Å². The summed E-state index contributed by atoms with van der Waals surface area (Å²) in [5, 5.41) is 9.36. The molecule has 136 valence electrons. The zero-order valence-corrected chi connectivity index (χ0v) is 14.7. The number of aromatic hydroxyl groups is 1. The van der Waals surface area contributed by atoms with Gasteiger partial charge in [-0.2, -0.15) is 0 Å². The second-order valence-electron chi connectivity index (χ2n) is 6.25. The summed E-state index contributed by atoms with van der Waals surface area (Å²) in [5.41, 5.74) is 1.66. The van der Waals surface area contributed by atoms with Crippen molar-refractivity contribution in [3.05, 3.63) is 54.1 Å². The normalized spacial score (nSPS) is 14.2. The molecule has 0 bridgehead atoms. The number of Topliss-reactive ketones (excluding diaryl/α,β-unsaturated/α-hetero) is 1. The highest BCUT2D eigenvalue weighted by atomic mass is 16.5. The third-order valence-electron chi connectivity index (χ3n) is 4.47. The van der Waals surface area contributed by atoms with E-state index < -0.39 is 0 Å². The quantitative estimate of drug-likeness (QED) is 0.835. The third-order valence-corrected chi connectivity index (χ3v) is 4.47. The number of carbonyl (C=O) groups is 2. The smallest absolute Gasteiger partial charge is 0.260 e. The summed E-state index contributed by atoms with van der Waals surface area (Å²) in [6.07, 6.45) is 0. The summed E-state index contributed by atoms with van der Waals surface area (Å²) in [7, 11) is 0. The van der Waals surface area contributed by atoms with Crippen LogP contribution in [-0.2, 0) is 4.79 Å². The van der Waals surface area contributed by atoms with E-state index in [0.717, 1.165) is 18.8 Å². The van der Waals surface area contributed by atoms with Gasteiger partial charge in [0.05, 0.1) is 0 Å². The van der Waals surface area contributed by atoms with E-state index in [1.807, 2.05) is 12.1 Å². The second kappa shape index (κ2) is 7.91. The third kappa shape index (κ3) is 4.33. The standard InChI is InChI=1S/C20H22N2O4/c1-15(23)16-2-8-19(9-3-16)26-14-20(25)22-12-10-21(11-13-22)17-4-6-18(24)7-5-17/h2-9,24H,10-14H2,1H3. The Labute approximate surface area is 152 Å². The fraction of sp³-hybridized carbons (Fsp3) is 0.300. The number of phenols is 1. The molecular formula is C20H22N2O4. The van der Waals surface area contributed by atoms with Crippen LogP contribution in [0.15, 0.2) is 48.5 Å². The highest BCUT2D eigenvalue weighted by Crippen LogP contribution is 2.20. The Bertz CT molecular complexity index is 763. The fourth-order valence-corrected chi connectivity index (χ4v) is 2.90. The van der Waals surface area contributed by atoms with Gasteiger partial charge in [-0.25, -0.2) is 0 Å². The molecule has 1 aliphatic rings. The molecule has 0 spiro atoms. The number of piperazine rings is 1. The van der Waals surface area contributed by atoms with Gasteiger partial charge < -0.3 is 19.6 Å². The zero-order valence-electron chi connectivity index (χ0n) is 14.7. The van der Waals surface area contributed by atoms with Crippen LogP contribution in [0.2, 0.25) is 0 Å². The number of phenolic OH excluding ortho intramolecular Hbond substituents is 1. The lowest BCUT2D eigenvalue weighted by Crippen LogP contribution is -2.50. The first-order valence-corrected chi connectivity index (χ1v) is 8.58.